The second-order valence-electron chi connectivity index (χ2n) is 6.28. The molecule has 0 bridgehead atoms. The van der Waals surface area contributed by atoms with Gasteiger partial charge in [0, 0.05) is 38.7 Å². The van der Waals surface area contributed by atoms with Crippen LogP contribution in [0.1, 0.15) is 30.2 Å². The van der Waals surface area contributed by atoms with Crippen LogP contribution < -0.4 is 0 Å². The number of halogens is 1. The van der Waals surface area contributed by atoms with Crippen molar-refractivity contribution in [3.05, 3.63) is 59.4 Å². The Bertz CT molecular complexity index is 682. The van der Waals surface area contributed by atoms with Crippen LogP contribution in [0.3, 0.4) is 0 Å². The van der Waals surface area contributed by atoms with Crippen molar-refractivity contribution >= 4 is 17.5 Å². The number of methoxy groups -OCH3 is 1. The molecule has 0 aliphatic heterocycles. The molecular formula is C20H27ClN2O2. The van der Waals surface area contributed by atoms with E-state index in [0.29, 0.717) is 19.7 Å². The molecule has 25 heavy (non-hydrogen) atoms. The zero-order valence-electron chi connectivity index (χ0n) is 15.2. The molecule has 5 heteroatoms. The van der Waals surface area contributed by atoms with Crippen LogP contribution in [0.25, 0.3) is 0 Å². The molecule has 0 radical (unpaired) electrons. The van der Waals surface area contributed by atoms with Gasteiger partial charge in [-0.3, -0.25) is 4.79 Å². The first-order chi connectivity index (χ1) is 12.0. The van der Waals surface area contributed by atoms with Crippen molar-refractivity contribution in [2.45, 2.75) is 38.7 Å². The van der Waals surface area contributed by atoms with Gasteiger partial charge in [-0.15, -0.1) is 11.6 Å². The van der Waals surface area contributed by atoms with Crippen molar-refractivity contribution in [1.29, 1.82) is 0 Å². The Morgan fingerprint density at radius 2 is 2.04 bits per heavy atom. The van der Waals surface area contributed by atoms with Gasteiger partial charge in [0.1, 0.15) is 5.38 Å². The van der Waals surface area contributed by atoms with Crippen LogP contribution in [-0.2, 0) is 22.6 Å². The average Bonchev–Trinajstić information content (AvgIpc) is 3.02. The normalized spacial score (nSPS) is 12.2. The Morgan fingerprint density at radius 3 is 2.72 bits per heavy atom. The molecule has 0 saturated carbocycles. The minimum Gasteiger partial charge on any atom is -0.385 e. The van der Waals surface area contributed by atoms with Crippen LogP contribution in [0.4, 0.5) is 0 Å². The lowest BCUT2D eigenvalue weighted by molar-refractivity contribution is -0.131. The zero-order chi connectivity index (χ0) is 18.2. The Kier molecular flexibility index (Phi) is 7.53. The molecule has 0 aliphatic carbocycles. The highest BCUT2D eigenvalue weighted by atomic mass is 35.5. The molecule has 136 valence electrons. The fraction of sp³-hybridized carbons (Fsp3) is 0.450. The topological polar surface area (TPSA) is 34.5 Å². The van der Waals surface area contributed by atoms with Gasteiger partial charge in [0.05, 0.1) is 6.54 Å². The molecule has 2 aromatic rings. The van der Waals surface area contributed by atoms with E-state index in [-0.39, 0.29) is 5.91 Å². The number of benzene rings is 1. The van der Waals surface area contributed by atoms with E-state index < -0.39 is 5.38 Å². The number of ether oxygens (including phenoxy) is 1. The van der Waals surface area contributed by atoms with Crippen LogP contribution in [0.15, 0.2) is 42.6 Å². The first kappa shape index (κ1) is 19.5. The molecule has 2 rings (SSSR count). The summed E-state index contributed by atoms with van der Waals surface area (Å²) in [6.07, 6.45) is 2.86. The highest BCUT2D eigenvalue weighted by Gasteiger charge is 2.19. The molecule has 0 spiro atoms. The van der Waals surface area contributed by atoms with E-state index >= 15 is 0 Å². The van der Waals surface area contributed by atoms with Gasteiger partial charge >= 0.3 is 0 Å². The summed E-state index contributed by atoms with van der Waals surface area (Å²) in [7, 11) is 1.67. The number of rotatable bonds is 9. The van der Waals surface area contributed by atoms with Gasteiger partial charge < -0.3 is 14.2 Å². The molecule has 1 aromatic carbocycles. The number of hydrogen-bond donors (Lipinski definition) is 0. The predicted octanol–water partition coefficient (Wildman–Crippen LogP) is 3.84. The van der Waals surface area contributed by atoms with Gasteiger partial charge in [0.15, 0.2) is 0 Å². The highest BCUT2D eigenvalue weighted by molar-refractivity contribution is 6.30. The monoisotopic (exact) mass is 362 g/mol. The third-order valence-electron chi connectivity index (χ3n) is 4.31. The summed E-state index contributed by atoms with van der Waals surface area (Å²) < 4.78 is 7.30. The fourth-order valence-corrected chi connectivity index (χ4v) is 2.97. The van der Waals surface area contributed by atoms with Crippen molar-refractivity contribution in [1.82, 2.24) is 9.47 Å². The first-order valence-electron chi connectivity index (χ1n) is 8.63. The Balaban J connectivity index is 2.12. The van der Waals surface area contributed by atoms with E-state index in [1.807, 2.05) is 17.0 Å². The van der Waals surface area contributed by atoms with E-state index in [1.165, 1.54) is 11.1 Å². The van der Waals surface area contributed by atoms with Gasteiger partial charge in [0.25, 0.3) is 0 Å². The van der Waals surface area contributed by atoms with E-state index in [9.17, 15) is 4.79 Å². The third-order valence-corrected chi connectivity index (χ3v) is 4.49. The number of hydrogen-bond acceptors (Lipinski definition) is 2. The molecular weight excluding hydrogens is 336 g/mol. The first-order valence-corrected chi connectivity index (χ1v) is 9.07. The molecule has 1 atom stereocenters. The highest BCUT2D eigenvalue weighted by Crippen LogP contribution is 2.15. The number of aryl methyl sites for hydroxylation is 1. The minimum absolute atomic E-state index is 0.0404. The molecule has 0 N–H and O–H groups in total. The van der Waals surface area contributed by atoms with Gasteiger partial charge in [0.2, 0.25) is 5.91 Å². The Labute approximate surface area is 155 Å². The second kappa shape index (κ2) is 9.64. The van der Waals surface area contributed by atoms with Crippen LogP contribution >= 0.6 is 11.6 Å². The lowest BCUT2D eigenvalue weighted by Crippen LogP contribution is -2.37. The molecule has 1 aromatic heterocycles. The van der Waals surface area contributed by atoms with E-state index in [2.05, 4.69) is 42.0 Å². The van der Waals surface area contributed by atoms with Crippen LogP contribution in [0, 0.1) is 6.92 Å². The number of amides is 1. The van der Waals surface area contributed by atoms with Gasteiger partial charge in [-0.1, -0.05) is 24.3 Å². The maximum Gasteiger partial charge on any atom is 0.240 e. The van der Waals surface area contributed by atoms with Crippen molar-refractivity contribution in [2.75, 3.05) is 20.3 Å². The summed E-state index contributed by atoms with van der Waals surface area (Å²) in [5.74, 6) is -0.0404. The van der Waals surface area contributed by atoms with Crippen LogP contribution in [0.5, 0.6) is 0 Å². The number of carbonyl (C=O) groups excluding carboxylic acids is 1. The molecule has 0 unspecified atom stereocenters. The molecule has 1 heterocycles. The summed E-state index contributed by atoms with van der Waals surface area (Å²) in [4.78, 5) is 14.3. The maximum atomic E-state index is 12.4. The lowest BCUT2D eigenvalue weighted by atomic mass is 10.1. The van der Waals surface area contributed by atoms with Gasteiger partial charge in [-0.2, -0.15) is 0 Å². The fourth-order valence-electron chi connectivity index (χ4n) is 2.83. The summed E-state index contributed by atoms with van der Waals surface area (Å²) in [5, 5.41) is -0.526. The average molecular weight is 363 g/mol. The Morgan fingerprint density at radius 1 is 1.28 bits per heavy atom. The number of alkyl halides is 1. The van der Waals surface area contributed by atoms with Crippen LogP contribution in [-0.4, -0.2) is 41.0 Å². The predicted molar refractivity (Wildman–Crippen MR) is 102 cm³/mol. The van der Waals surface area contributed by atoms with E-state index in [1.54, 1.807) is 14.0 Å². The van der Waals surface area contributed by atoms with Crippen molar-refractivity contribution in [3.8, 4) is 0 Å². The van der Waals surface area contributed by atoms with E-state index in [4.69, 9.17) is 16.3 Å². The molecule has 0 saturated heterocycles. The largest absolute Gasteiger partial charge is 0.385 e. The molecule has 0 aliphatic rings. The van der Waals surface area contributed by atoms with Crippen molar-refractivity contribution in [2.24, 2.45) is 0 Å². The zero-order valence-corrected chi connectivity index (χ0v) is 16.0. The summed E-state index contributed by atoms with van der Waals surface area (Å²) in [6.45, 7) is 6.46. The molecule has 1 amide bonds. The molecule has 0 fully saturated rings. The third kappa shape index (κ3) is 5.62. The lowest BCUT2D eigenvalue weighted by Gasteiger charge is -2.25. The van der Waals surface area contributed by atoms with Crippen LogP contribution in [0.2, 0.25) is 0 Å². The number of carbonyl (C=O) groups is 1. The molecule has 4 nitrogen and oxygen atoms in total. The van der Waals surface area contributed by atoms with Crippen molar-refractivity contribution in [3.63, 3.8) is 0 Å². The number of nitrogens with zero attached hydrogens (tertiary/aromatic N) is 2. The van der Waals surface area contributed by atoms with Gasteiger partial charge in [-0.25, -0.2) is 0 Å². The summed E-state index contributed by atoms with van der Waals surface area (Å²) in [6, 6.07) is 12.5. The standard InChI is InChI=1S/C20H27ClN2O2/c1-16-8-4-5-9-18(16)14-22-11-6-10-19(22)15-23(12-7-13-25-3)20(24)17(2)21/h4-6,8-11,17H,7,12-15H2,1-3H3/t17-/m0/s1. The summed E-state index contributed by atoms with van der Waals surface area (Å²) >= 11 is 6.04. The number of aromatic nitrogens is 1. The minimum atomic E-state index is -0.526. The maximum absolute atomic E-state index is 12.4. The summed E-state index contributed by atoms with van der Waals surface area (Å²) in [5.41, 5.74) is 3.65. The smallest absolute Gasteiger partial charge is 0.240 e. The second-order valence-corrected chi connectivity index (χ2v) is 6.93. The van der Waals surface area contributed by atoms with Crippen molar-refractivity contribution < 1.29 is 9.53 Å². The van der Waals surface area contributed by atoms with E-state index in [0.717, 1.165) is 18.7 Å². The Hall–Kier alpha value is -1.78. The van der Waals surface area contributed by atoms with Gasteiger partial charge in [-0.05, 0) is 43.5 Å². The SMILES string of the molecule is COCCCN(Cc1cccn1Cc1ccccc1C)C(=O)[C@H](C)Cl. The quantitative estimate of drug-likeness (QED) is 0.501.